The van der Waals surface area contributed by atoms with Gasteiger partial charge in [0.05, 0.1) is 26.4 Å². The number of halogens is 1. The van der Waals surface area contributed by atoms with E-state index in [4.69, 9.17) is 9.47 Å². The van der Waals surface area contributed by atoms with Crippen LogP contribution in [0.5, 0.6) is 5.75 Å². The van der Waals surface area contributed by atoms with Gasteiger partial charge in [-0.3, -0.25) is 0 Å². The van der Waals surface area contributed by atoms with E-state index in [9.17, 15) is 14.0 Å². The lowest BCUT2D eigenvalue weighted by Gasteiger charge is -2.39. The molecule has 1 fully saturated rings. The van der Waals surface area contributed by atoms with E-state index in [0.717, 1.165) is 7.11 Å². The smallest absolute Gasteiger partial charge is 0.410 e. The summed E-state index contributed by atoms with van der Waals surface area (Å²) in [6.45, 7) is 6.06. The van der Waals surface area contributed by atoms with Gasteiger partial charge >= 0.3 is 12.1 Å². The molecule has 1 aliphatic heterocycles. The molecule has 1 saturated heterocycles. The van der Waals surface area contributed by atoms with Crippen molar-refractivity contribution in [2.75, 3.05) is 20.2 Å². The van der Waals surface area contributed by atoms with Gasteiger partial charge < -0.3 is 19.1 Å². The summed E-state index contributed by atoms with van der Waals surface area (Å²) in [7, 11) is 1.15. The van der Waals surface area contributed by atoms with Crippen LogP contribution in [0.2, 0.25) is 0 Å². The Morgan fingerprint density at radius 3 is 2.57 bits per heavy atom. The van der Waals surface area contributed by atoms with Crippen LogP contribution in [0.1, 0.15) is 31.1 Å². The molecule has 0 aliphatic carbocycles. The van der Waals surface area contributed by atoms with Gasteiger partial charge in [0, 0.05) is 6.07 Å². The molecule has 0 atom stereocenters. The number of methoxy groups -OCH3 is 1. The van der Waals surface area contributed by atoms with Crippen LogP contribution in [0, 0.1) is 5.95 Å². The summed E-state index contributed by atoms with van der Waals surface area (Å²) >= 11 is 0. The van der Waals surface area contributed by atoms with Crippen molar-refractivity contribution < 1.29 is 28.2 Å². The minimum absolute atomic E-state index is 0.237. The summed E-state index contributed by atoms with van der Waals surface area (Å²) in [6.07, 6.45) is 0.503. The second-order valence-corrected chi connectivity index (χ2v) is 6.13. The molecular formula is C15H19FN2O5. The molecule has 1 aliphatic rings. The molecule has 126 valence electrons. The first-order chi connectivity index (χ1) is 10.7. The van der Waals surface area contributed by atoms with Crippen molar-refractivity contribution in [3.05, 3.63) is 23.8 Å². The highest BCUT2D eigenvalue weighted by Gasteiger charge is 2.35. The maximum absolute atomic E-state index is 13.4. The number of pyridine rings is 1. The Kier molecular flexibility index (Phi) is 4.72. The predicted molar refractivity (Wildman–Crippen MR) is 77.8 cm³/mol. The number of ether oxygens (including phenoxy) is 3. The van der Waals surface area contributed by atoms with Gasteiger partial charge in [0.25, 0.3) is 0 Å². The van der Waals surface area contributed by atoms with Gasteiger partial charge in [-0.25, -0.2) is 14.6 Å². The second-order valence-electron chi connectivity index (χ2n) is 6.13. The van der Waals surface area contributed by atoms with Gasteiger partial charge in [0.1, 0.15) is 23.0 Å². The average molecular weight is 326 g/mol. The lowest BCUT2D eigenvalue weighted by Crippen LogP contribution is -2.57. The van der Waals surface area contributed by atoms with Crippen molar-refractivity contribution in [1.82, 2.24) is 9.88 Å². The third-order valence-corrected chi connectivity index (χ3v) is 3.02. The van der Waals surface area contributed by atoms with Gasteiger partial charge in [0.15, 0.2) is 0 Å². The van der Waals surface area contributed by atoms with Gasteiger partial charge in [-0.15, -0.1) is 0 Å². The summed E-state index contributed by atoms with van der Waals surface area (Å²) in [6, 6.07) is 1.23. The maximum atomic E-state index is 13.4. The summed E-state index contributed by atoms with van der Waals surface area (Å²) in [4.78, 5) is 28.2. The van der Waals surface area contributed by atoms with Gasteiger partial charge in [-0.1, -0.05) is 0 Å². The number of nitrogens with zero attached hydrogens (tertiary/aromatic N) is 2. The molecule has 1 aromatic heterocycles. The molecule has 2 heterocycles. The number of hydrogen-bond donors (Lipinski definition) is 0. The number of aromatic nitrogens is 1. The third kappa shape index (κ3) is 4.30. The molecule has 1 aromatic rings. The number of carbonyl (C=O) groups excluding carboxylic acids is 2. The minimum atomic E-state index is -0.923. The number of esters is 1. The number of hydrogen-bond acceptors (Lipinski definition) is 6. The monoisotopic (exact) mass is 326 g/mol. The minimum Gasteiger partial charge on any atom is -0.485 e. The molecular weight excluding hydrogens is 307 g/mol. The molecule has 23 heavy (non-hydrogen) atoms. The first-order valence-corrected chi connectivity index (χ1v) is 7.08. The van der Waals surface area contributed by atoms with E-state index in [1.807, 2.05) is 0 Å². The van der Waals surface area contributed by atoms with Gasteiger partial charge in [0.2, 0.25) is 5.95 Å². The molecule has 0 unspecified atom stereocenters. The van der Waals surface area contributed by atoms with Crippen molar-refractivity contribution in [1.29, 1.82) is 0 Å². The van der Waals surface area contributed by atoms with E-state index in [1.165, 1.54) is 17.2 Å². The summed E-state index contributed by atoms with van der Waals surface area (Å²) in [5.41, 5.74) is -0.854. The fraction of sp³-hybridized carbons (Fsp3) is 0.533. The van der Waals surface area contributed by atoms with Crippen LogP contribution in [-0.2, 0) is 9.47 Å². The fourth-order valence-corrected chi connectivity index (χ4v) is 1.93. The molecule has 7 nitrogen and oxygen atoms in total. The zero-order chi connectivity index (χ0) is 17.2. The standard InChI is InChI=1S/C15H19FN2O5/c1-15(2,3)23-14(20)18-7-10(8-18)22-9-5-11(13(19)21-4)12(16)17-6-9/h5-6,10H,7-8H2,1-4H3. The van der Waals surface area contributed by atoms with Crippen LogP contribution >= 0.6 is 0 Å². The average Bonchev–Trinajstić information content (AvgIpc) is 2.41. The lowest BCUT2D eigenvalue weighted by molar-refractivity contribution is -0.0222. The SMILES string of the molecule is COC(=O)c1cc(OC2CN(C(=O)OC(C)(C)C)C2)cnc1F. The Morgan fingerprint density at radius 1 is 1.35 bits per heavy atom. The lowest BCUT2D eigenvalue weighted by atomic mass is 10.1. The summed E-state index contributed by atoms with van der Waals surface area (Å²) in [5, 5.41) is 0. The van der Waals surface area contributed by atoms with E-state index >= 15 is 0 Å². The van der Waals surface area contributed by atoms with Crippen molar-refractivity contribution >= 4 is 12.1 Å². The largest absolute Gasteiger partial charge is 0.485 e. The predicted octanol–water partition coefficient (Wildman–Crippen LogP) is 2.01. The van der Waals surface area contributed by atoms with Crippen molar-refractivity contribution in [3.8, 4) is 5.75 Å². The first-order valence-electron chi connectivity index (χ1n) is 7.08. The number of carbonyl (C=O) groups is 2. The first kappa shape index (κ1) is 17.0. The van der Waals surface area contributed by atoms with Crippen LogP contribution in [0.15, 0.2) is 12.3 Å². The Labute approximate surface area is 133 Å². The number of rotatable bonds is 3. The molecule has 0 radical (unpaired) electrons. The second kappa shape index (κ2) is 6.39. The van der Waals surface area contributed by atoms with E-state index < -0.39 is 23.6 Å². The van der Waals surface area contributed by atoms with E-state index in [0.29, 0.717) is 13.1 Å². The van der Waals surface area contributed by atoms with Crippen LogP contribution in [0.3, 0.4) is 0 Å². The van der Waals surface area contributed by atoms with E-state index in [1.54, 1.807) is 20.8 Å². The topological polar surface area (TPSA) is 78.0 Å². The Balaban J connectivity index is 1.91. The molecule has 2 rings (SSSR count). The normalized spacial score (nSPS) is 14.9. The highest BCUT2D eigenvalue weighted by atomic mass is 19.1. The maximum Gasteiger partial charge on any atom is 0.410 e. The molecule has 0 aromatic carbocycles. The molecule has 0 N–H and O–H groups in total. The summed E-state index contributed by atoms with van der Waals surface area (Å²) in [5.74, 6) is -1.52. The summed E-state index contributed by atoms with van der Waals surface area (Å²) < 4.78 is 28.7. The third-order valence-electron chi connectivity index (χ3n) is 3.02. The van der Waals surface area contributed by atoms with E-state index in [2.05, 4.69) is 9.72 Å². The number of amides is 1. The Morgan fingerprint density at radius 2 is 2.00 bits per heavy atom. The van der Waals surface area contributed by atoms with E-state index in [-0.39, 0.29) is 17.4 Å². The van der Waals surface area contributed by atoms with Crippen LogP contribution in [0.4, 0.5) is 9.18 Å². The fourth-order valence-electron chi connectivity index (χ4n) is 1.93. The van der Waals surface area contributed by atoms with Gasteiger partial charge in [-0.2, -0.15) is 4.39 Å². The zero-order valence-corrected chi connectivity index (χ0v) is 13.5. The molecule has 0 bridgehead atoms. The zero-order valence-electron chi connectivity index (χ0n) is 13.5. The Bertz CT molecular complexity index is 608. The quantitative estimate of drug-likeness (QED) is 0.624. The highest BCUT2D eigenvalue weighted by Crippen LogP contribution is 2.21. The number of likely N-dealkylation sites (tertiary alicyclic amines) is 1. The van der Waals surface area contributed by atoms with Crippen LogP contribution in [0.25, 0.3) is 0 Å². The highest BCUT2D eigenvalue weighted by molar-refractivity contribution is 5.89. The van der Waals surface area contributed by atoms with Crippen LogP contribution in [-0.4, -0.2) is 53.9 Å². The van der Waals surface area contributed by atoms with Gasteiger partial charge in [-0.05, 0) is 20.8 Å². The van der Waals surface area contributed by atoms with Crippen LogP contribution < -0.4 is 4.74 Å². The van der Waals surface area contributed by atoms with Crippen molar-refractivity contribution in [3.63, 3.8) is 0 Å². The molecule has 8 heteroatoms. The molecule has 1 amide bonds. The van der Waals surface area contributed by atoms with Crippen molar-refractivity contribution in [2.45, 2.75) is 32.5 Å². The molecule has 0 spiro atoms. The molecule has 0 saturated carbocycles. The Hall–Kier alpha value is -2.38. The van der Waals surface area contributed by atoms with Crippen molar-refractivity contribution in [2.24, 2.45) is 0 Å².